The molecule has 5 atom stereocenters. The standard InChI is InChI=1S/C28H45N3O5.C7H15N.CH4O.2H2O/c1-20(16-32)35-18-26(14-22-7-8-22)31(4)28(34)27(36-17-24(29-2)13-21-5-6-21)15-23-9-11-25(12-10-23)30(3)19-33;1-6(8-2)5-7-3-4-7;1-2;;/h9-12,16,20-22,24,26-27,29,33H,5-8,13-15,17-19H2,1-4H3;6-8H,3-5H2,1-2H3;2H,1H3;2*1H2/t20-,24+,26+,27-;6-;;;/m11.../s1. The summed E-state index contributed by atoms with van der Waals surface area (Å²) >= 11 is 0. The molecule has 1 aromatic carbocycles. The third-order valence-corrected chi connectivity index (χ3v) is 9.32. The Balaban J connectivity index is 0.00000159. The average Bonchev–Trinajstić information content (AvgIpc) is 3.93. The van der Waals surface area contributed by atoms with Gasteiger partial charge >= 0.3 is 0 Å². The molecule has 0 bridgehead atoms. The Hall–Kier alpha value is -2.16. The number of carbonyl (C=O) groups is 2. The Bertz CT molecular complexity index is 975. The van der Waals surface area contributed by atoms with Crippen LogP contribution in [0.2, 0.25) is 0 Å². The molecular weight excluding hydrogens is 616 g/mol. The van der Waals surface area contributed by atoms with Crippen LogP contribution in [0.15, 0.2) is 24.3 Å². The number of carbonyl (C=O) groups excluding carboxylic acids is 2. The third kappa shape index (κ3) is 18.0. The highest BCUT2D eigenvalue weighted by Crippen LogP contribution is 2.35. The lowest BCUT2D eigenvalue weighted by Crippen LogP contribution is -2.48. The number of benzene rings is 1. The quantitative estimate of drug-likeness (QED) is 0.111. The summed E-state index contributed by atoms with van der Waals surface area (Å²) in [5, 5.41) is 23.0. The van der Waals surface area contributed by atoms with Gasteiger partial charge in [0.15, 0.2) is 0 Å². The maximum absolute atomic E-state index is 13.8. The highest BCUT2D eigenvalue weighted by atomic mass is 16.5. The van der Waals surface area contributed by atoms with Crippen LogP contribution in [0, 0.1) is 17.8 Å². The van der Waals surface area contributed by atoms with Crippen LogP contribution in [-0.2, 0) is 25.5 Å². The molecular formula is C36H68N4O8. The second kappa shape index (κ2) is 24.9. The first-order chi connectivity index (χ1) is 22.2. The van der Waals surface area contributed by atoms with Crippen LogP contribution in [-0.4, -0.2) is 124 Å². The van der Waals surface area contributed by atoms with Gasteiger partial charge < -0.3 is 55.9 Å². The first kappa shape index (κ1) is 45.8. The number of aldehydes is 1. The van der Waals surface area contributed by atoms with Gasteiger partial charge in [-0.15, -0.1) is 0 Å². The van der Waals surface area contributed by atoms with Crippen LogP contribution >= 0.6 is 0 Å². The fraction of sp³-hybridized carbons (Fsp3) is 0.778. The van der Waals surface area contributed by atoms with Crippen molar-refractivity contribution in [3.63, 3.8) is 0 Å². The molecule has 0 spiro atoms. The lowest BCUT2D eigenvalue weighted by Gasteiger charge is -2.32. The molecule has 48 heavy (non-hydrogen) atoms. The zero-order valence-corrected chi connectivity index (χ0v) is 30.6. The van der Waals surface area contributed by atoms with Crippen molar-refractivity contribution < 1.29 is 40.2 Å². The van der Waals surface area contributed by atoms with Crippen LogP contribution < -0.4 is 15.5 Å². The van der Waals surface area contributed by atoms with E-state index in [2.05, 4.69) is 17.6 Å². The van der Waals surface area contributed by atoms with E-state index in [1.165, 1.54) is 44.9 Å². The van der Waals surface area contributed by atoms with Gasteiger partial charge in [-0.25, -0.2) is 0 Å². The van der Waals surface area contributed by atoms with Gasteiger partial charge in [0.2, 0.25) is 0 Å². The topological polar surface area (TPSA) is 187 Å². The van der Waals surface area contributed by atoms with E-state index in [0.29, 0.717) is 25.6 Å². The van der Waals surface area contributed by atoms with E-state index in [1.54, 1.807) is 16.7 Å². The highest BCUT2D eigenvalue weighted by molar-refractivity contribution is 5.81. The van der Waals surface area contributed by atoms with E-state index >= 15 is 0 Å². The number of anilines is 1. The number of hydrogen-bond acceptors (Lipinski definition) is 9. The summed E-state index contributed by atoms with van der Waals surface area (Å²) in [6.07, 6.45) is 11.4. The molecule has 3 saturated carbocycles. The van der Waals surface area contributed by atoms with Gasteiger partial charge in [0.05, 0.1) is 19.3 Å². The first-order valence-electron chi connectivity index (χ1n) is 17.3. The van der Waals surface area contributed by atoms with Gasteiger partial charge in [0, 0.05) is 45.4 Å². The number of ether oxygens (including phenoxy) is 2. The van der Waals surface area contributed by atoms with Crippen LogP contribution in [0.4, 0.5) is 5.69 Å². The van der Waals surface area contributed by atoms with Crippen molar-refractivity contribution in [2.45, 2.75) is 108 Å². The number of likely N-dealkylation sites (N-methyl/N-ethyl adjacent to an activating group) is 2. The number of nitrogens with zero attached hydrogens (tertiary/aromatic N) is 2. The van der Waals surface area contributed by atoms with Crippen molar-refractivity contribution in [2.75, 3.05) is 60.1 Å². The second-order valence-corrected chi connectivity index (χ2v) is 13.5. The molecule has 1 aromatic rings. The molecule has 12 nitrogen and oxygen atoms in total. The summed E-state index contributed by atoms with van der Waals surface area (Å²) in [6, 6.07) is 8.74. The zero-order valence-electron chi connectivity index (χ0n) is 30.6. The minimum Gasteiger partial charge on any atom is -0.412 e. The molecule has 0 aliphatic heterocycles. The van der Waals surface area contributed by atoms with Crippen molar-refractivity contribution in [3.05, 3.63) is 29.8 Å². The van der Waals surface area contributed by atoms with Crippen LogP contribution in [0.5, 0.6) is 0 Å². The smallest absolute Gasteiger partial charge is 0.252 e. The van der Waals surface area contributed by atoms with Crippen LogP contribution in [0.1, 0.15) is 77.2 Å². The minimum absolute atomic E-state index is 0. The number of aliphatic hydroxyl groups is 2. The Kier molecular flexibility index (Phi) is 23.8. The summed E-state index contributed by atoms with van der Waals surface area (Å²) in [5.41, 5.74) is 1.91. The van der Waals surface area contributed by atoms with E-state index < -0.39 is 12.2 Å². The predicted octanol–water partition coefficient (Wildman–Crippen LogP) is 1.97. The Labute approximate surface area is 289 Å². The molecule has 3 fully saturated rings. The van der Waals surface area contributed by atoms with Crippen LogP contribution in [0.25, 0.3) is 0 Å². The molecule has 3 aliphatic rings. The van der Waals surface area contributed by atoms with Crippen LogP contribution in [0.3, 0.4) is 0 Å². The lowest BCUT2D eigenvalue weighted by molar-refractivity contribution is -0.147. The van der Waals surface area contributed by atoms with Gasteiger partial charge in [-0.05, 0) is 82.7 Å². The maximum atomic E-state index is 13.8. The minimum atomic E-state index is -0.614. The monoisotopic (exact) mass is 685 g/mol. The summed E-state index contributed by atoms with van der Waals surface area (Å²) in [4.78, 5) is 28.4. The summed E-state index contributed by atoms with van der Waals surface area (Å²) in [6.45, 7) is 4.74. The van der Waals surface area contributed by atoms with E-state index in [0.717, 1.165) is 55.4 Å². The van der Waals surface area contributed by atoms with Gasteiger partial charge in [0.25, 0.3) is 5.91 Å². The van der Waals surface area contributed by atoms with Crippen molar-refractivity contribution in [1.82, 2.24) is 15.5 Å². The molecule has 3 aliphatic carbocycles. The van der Waals surface area contributed by atoms with Crippen molar-refractivity contribution in [2.24, 2.45) is 17.8 Å². The zero-order chi connectivity index (χ0) is 34.1. The van der Waals surface area contributed by atoms with Crippen molar-refractivity contribution >= 4 is 17.9 Å². The normalized spacial score (nSPS) is 18.1. The molecule has 280 valence electrons. The van der Waals surface area contributed by atoms with Gasteiger partial charge in [-0.1, -0.05) is 50.7 Å². The van der Waals surface area contributed by atoms with Crippen molar-refractivity contribution in [1.29, 1.82) is 0 Å². The first-order valence-corrected chi connectivity index (χ1v) is 17.3. The van der Waals surface area contributed by atoms with Gasteiger partial charge in [-0.3, -0.25) is 4.79 Å². The van der Waals surface area contributed by atoms with Crippen molar-refractivity contribution in [3.8, 4) is 0 Å². The number of aliphatic hydroxyl groups excluding tert-OH is 2. The van der Waals surface area contributed by atoms with E-state index in [4.69, 9.17) is 14.6 Å². The molecule has 0 heterocycles. The van der Waals surface area contributed by atoms with E-state index in [9.17, 15) is 14.7 Å². The molecule has 0 unspecified atom stereocenters. The molecule has 4 rings (SSSR count). The van der Waals surface area contributed by atoms with E-state index in [-0.39, 0.29) is 35.7 Å². The Morgan fingerprint density at radius 2 is 1.42 bits per heavy atom. The number of rotatable bonds is 21. The molecule has 8 N–H and O–H groups in total. The number of amides is 1. The third-order valence-electron chi connectivity index (χ3n) is 9.32. The Morgan fingerprint density at radius 1 is 0.875 bits per heavy atom. The fourth-order valence-corrected chi connectivity index (χ4v) is 5.41. The Morgan fingerprint density at radius 3 is 1.90 bits per heavy atom. The van der Waals surface area contributed by atoms with Gasteiger partial charge in [0.1, 0.15) is 25.2 Å². The SMILES string of the molecule is CN[C@H](C)CC1CC1.CN[C@H](CO[C@H](Cc1ccc(N(C)CO)cc1)C(=O)N(C)[C@H](CO[C@H](C)C=O)CC1CC1)CC1CC1.CO.O.O. The molecule has 12 heteroatoms. The molecule has 0 saturated heterocycles. The highest BCUT2D eigenvalue weighted by Gasteiger charge is 2.34. The molecule has 0 radical (unpaired) electrons. The average molecular weight is 685 g/mol. The second-order valence-electron chi connectivity index (χ2n) is 13.5. The summed E-state index contributed by atoms with van der Waals surface area (Å²) < 4.78 is 12.1. The molecule has 0 aromatic heterocycles. The predicted molar refractivity (Wildman–Crippen MR) is 192 cm³/mol. The lowest BCUT2D eigenvalue weighted by atomic mass is 10.0. The van der Waals surface area contributed by atoms with Gasteiger partial charge in [-0.2, -0.15) is 0 Å². The fourth-order valence-electron chi connectivity index (χ4n) is 5.41. The maximum Gasteiger partial charge on any atom is 0.252 e. The summed E-state index contributed by atoms with van der Waals surface area (Å²) in [5.74, 6) is 2.39. The van der Waals surface area contributed by atoms with E-state index in [1.807, 2.05) is 52.5 Å². The number of hydrogen-bond donors (Lipinski definition) is 4. The molecule has 1 amide bonds. The number of nitrogens with one attached hydrogen (secondary N) is 2. The largest absolute Gasteiger partial charge is 0.412 e. The summed E-state index contributed by atoms with van der Waals surface area (Å²) in [7, 11) is 8.64.